The van der Waals surface area contributed by atoms with Crippen LogP contribution >= 0.6 is 0 Å². The molecule has 0 aromatic carbocycles. The summed E-state index contributed by atoms with van der Waals surface area (Å²) in [6.07, 6.45) is -3.46. The van der Waals surface area contributed by atoms with Crippen LogP contribution in [-0.4, -0.2) is 100 Å². The van der Waals surface area contributed by atoms with E-state index in [1.54, 1.807) is 6.92 Å². The van der Waals surface area contributed by atoms with Crippen LogP contribution in [0.4, 0.5) is 14.4 Å². The second-order valence-electron chi connectivity index (χ2n) is 4.99. The molecule has 3 N–H and O–H groups in total. The number of hydrogen-bond acceptors (Lipinski definition) is 3. The molecule has 10 nitrogen and oxygen atoms in total. The van der Waals surface area contributed by atoms with Crippen LogP contribution in [0.3, 0.4) is 0 Å². The number of hydrogen-bond donors (Lipinski definition) is 3. The van der Waals surface area contributed by atoms with Crippen molar-refractivity contribution in [1.29, 1.82) is 0 Å². The predicted octanol–water partition coefficient (Wildman–Crippen LogP) is -0.0671. The molecule has 1 radical (unpaired) electrons. The van der Waals surface area contributed by atoms with Crippen molar-refractivity contribution in [2.75, 3.05) is 45.8 Å². The highest BCUT2D eigenvalue weighted by Gasteiger charge is 2.25. The van der Waals surface area contributed by atoms with Crippen molar-refractivity contribution >= 4 is 18.3 Å². The number of carboxylic acid groups (broad SMARTS) is 3. The zero-order valence-electron chi connectivity index (χ0n) is 12.4. The highest BCUT2D eigenvalue weighted by Crippen LogP contribution is 2.05. The summed E-state index contributed by atoms with van der Waals surface area (Å²) in [5, 5.41) is 31.6. The molecular formula is C12H21N4O6. The van der Waals surface area contributed by atoms with Gasteiger partial charge in [0.15, 0.2) is 0 Å². The second-order valence-corrected chi connectivity index (χ2v) is 4.99. The van der Waals surface area contributed by atoms with Gasteiger partial charge in [-0.05, 0) is 6.92 Å². The van der Waals surface area contributed by atoms with Crippen LogP contribution in [0.25, 0.3) is 0 Å². The Hall–Kier alpha value is -2.23. The molecule has 10 heteroatoms. The van der Waals surface area contributed by atoms with Gasteiger partial charge in [-0.3, -0.25) is 0 Å². The van der Waals surface area contributed by atoms with Crippen LogP contribution in [-0.2, 0) is 0 Å². The van der Waals surface area contributed by atoms with Crippen LogP contribution in [0.1, 0.15) is 6.92 Å². The van der Waals surface area contributed by atoms with Crippen LogP contribution in [0.5, 0.6) is 0 Å². The highest BCUT2D eigenvalue weighted by atomic mass is 16.4. The predicted molar refractivity (Wildman–Crippen MR) is 75.3 cm³/mol. The fourth-order valence-corrected chi connectivity index (χ4v) is 2.21. The monoisotopic (exact) mass is 317 g/mol. The molecule has 0 aromatic heterocycles. The minimum absolute atomic E-state index is 0.0145. The van der Waals surface area contributed by atoms with Gasteiger partial charge in [0, 0.05) is 51.9 Å². The van der Waals surface area contributed by atoms with Crippen LogP contribution in [0, 0.1) is 0 Å². The second kappa shape index (κ2) is 8.27. The first-order valence-corrected chi connectivity index (χ1v) is 6.91. The molecule has 0 spiro atoms. The van der Waals surface area contributed by atoms with Gasteiger partial charge < -0.3 is 30.0 Å². The Balaban J connectivity index is 2.83. The van der Waals surface area contributed by atoms with Crippen LogP contribution in [0.2, 0.25) is 0 Å². The van der Waals surface area contributed by atoms with Gasteiger partial charge in [0.2, 0.25) is 0 Å². The smallest absolute Gasteiger partial charge is 0.407 e. The van der Waals surface area contributed by atoms with Gasteiger partial charge in [0.05, 0.1) is 0 Å². The number of carbonyl (C=O) groups is 3. The number of rotatable bonds is 0. The molecule has 0 saturated carbocycles. The van der Waals surface area contributed by atoms with E-state index in [0.717, 1.165) is 14.7 Å². The molecule has 1 saturated heterocycles. The third-order valence-corrected chi connectivity index (χ3v) is 3.47. The third-order valence-electron chi connectivity index (χ3n) is 3.47. The van der Waals surface area contributed by atoms with E-state index in [1.165, 1.54) is 0 Å². The minimum Gasteiger partial charge on any atom is -0.465 e. The van der Waals surface area contributed by atoms with E-state index in [1.807, 2.05) is 0 Å². The summed E-state index contributed by atoms with van der Waals surface area (Å²) >= 11 is 0. The van der Waals surface area contributed by atoms with E-state index in [4.69, 9.17) is 5.11 Å². The highest BCUT2D eigenvalue weighted by molar-refractivity contribution is 5.67. The van der Waals surface area contributed by atoms with Gasteiger partial charge in [0.25, 0.3) is 0 Å². The molecule has 0 aromatic rings. The van der Waals surface area contributed by atoms with Gasteiger partial charge in [-0.15, -0.1) is 0 Å². The fourth-order valence-electron chi connectivity index (χ4n) is 2.21. The lowest BCUT2D eigenvalue weighted by molar-refractivity contribution is 0.0937. The van der Waals surface area contributed by atoms with Crippen molar-refractivity contribution in [2.45, 2.75) is 13.0 Å². The topological polar surface area (TPSA) is 136 Å². The standard InChI is InChI=1S/C12H21N4O6/c1-9-8-15(11(19)20)7-6-14(10(17)18)4-2-13-3-5-16(9)12(21)22/h9H,2-8H2,1H3,(H,17,18)(H,19,20)(H,21,22). The zero-order chi connectivity index (χ0) is 16.7. The summed E-state index contributed by atoms with van der Waals surface area (Å²) in [5.74, 6) is 0. The Bertz CT molecular complexity index is 418. The molecule has 22 heavy (non-hydrogen) atoms. The first kappa shape index (κ1) is 17.8. The Morgan fingerprint density at radius 2 is 1.41 bits per heavy atom. The molecule has 0 bridgehead atoms. The van der Waals surface area contributed by atoms with E-state index in [9.17, 15) is 24.6 Å². The molecule has 1 aliphatic rings. The van der Waals surface area contributed by atoms with Gasteiger partial charge in [-0.1, -0.05) is 0 Å². The zero-order valence-corrected chi connectivity index (χ0v) is 12.4. The summed E-state index contributed by atoms with van der Waals surface area (Å²) in [6.45, 7) is 2.41. The Kier molecular flexibility index (Phi) is 6.70. The Morgan fingerprint density at radius 1 is 0.864 bits per heavy atom. The SMILES string of the molecule is CC1CN(C(=O)O)CCN(C(=O)O)CC[N]CCN1C(=O)O. The number of nitrogens with zero attached hydrogens (tertiary/aromatic N) is 4. The van der Waals surface area contributed by atoms with Gasteiger partial charge >= 0.3 is 18.3 Å². The van der Waals surface area contributed by atoms with Gasteiger partial charge in [0.1, 0.15) is 0 Å². The summed E-state index contributed by atoms with van der Waals surface area (Å²) in [5.41, 5.74) is 0. The average molecular weight is 317 g/mol. The molecule has 1 aliphatic heterocycles. The van der Waals surface area contributed by atoms with Crippen molar-refractivity contribution in [3.63, 3.8) is 0 Å². The maximum absolute atomic E-state index is 11.2. The first-order valence-electron chi connectivity index (χ1n) is 6.91. The average Bonchev–Trinajstić information content (AvgIpc) is 2.41. The fraction of sp³-hybridized carbons (Fsp3) is 0.750. The lowest BCUT2D eigenvalue weighted by atomic mass is 10.2. The van der Waals surface area contributed by atoms with E-state index in [2.05, 4.69) is 5.32 Å². The van der Waals surface area contributed by atoms with Crippen molar-refractivity contribution in [1.82, 2.24) is 20.0 Å². The minimum atomic E-state index is -1.20. The van der Waals surface area contributed by atoms with Crippen LogP contribution < -0.4 is 5.32 Å². The van der Waals surface area contributed by atoms with Crippen molar-refractivity contribution < 1.29 is 29.7 Å². The normalized spacial score (nSPS) is 21.7. The van der Waals surface area contributed by atoms with Gasteiger partial charge in [-0.25, -0.2) is 19.7 Å². The summed E-state index contributed by atoms with van der Waals surface area (Å²) in [7, 11) is 0. The van der Waals surface area contributed by atoms with Crippen molar-refractivity contribution in [3.8, 4) is 0 Å². The molecule has 1 rings (SSSR count). The van der Waals surface area contributed by atoms with Crippen LogP contribution in [0.15, 0.2) is 0 Å². The maximum atomic E-state index is 11.2. The molecular weight excluding hydrogens is 296 g/mol. The van der Waals surface area contributed by atoms with E-state index in [-0.39, 0.29) is 45.8 Å². The molecule has 1 heterocycles. The Labute approximate surface area is 127 Å². The third kappa shape index (κ3) is 5.28. The quantitative estimate of drug-likeness (QED) is 0.572. The molecule has 125 valence electrons. The molecule has 1 atom stereocenters. The lowest BCUT2D eigenvalue weighted by Gasteiger charge is -2.32. The molecule has 1 fully saturated rings. The van der Waals surface area contributed by atoms with E-state index < -0.39 is 24.3 Å². The summed E-state index contributed by atoms with van der Waals surface area (Å²) < 4.78 is 0. The summed E-state index contributed by atoms with van der Waals surface area (Å²) in [6, 6.07) is -0.540. The summed E-state index contributed by atoms with van der Waals surface area (Å²) in [4.78, 5) is 36.9. The lowest BCUT2D eigenvalue weighted by Crippen LogP contribution is -2.51. The number of amides is 3. The maximum Gasteiger partial charge on any atom is 0.407 e. The largest absolute Gasteiger partial charge is 0.465 e. The van der Waals surface area contributed by atoms with E-state index in [0.29, 0.717) is 0 Å². The molecule has 1 unspecified atom stereocenters. The van der Waals surface area contributed by atoms with Gasteiger partial charge in [-0.2, -0.15) is 0 Å². The first-order chi connectivity index (χ1) is 10.3. The van der Waals surface area contributed by atoms with Crippen molar-refractivity contribution in [2.24, 2.45) is 0 Å². The van der Waals surface area contributed by atoms with E-state index >= 15 is 0 Å². The molecule has 0 aliphatic carbocycles. The molecule has 3 amide bonds. The Morgan fingerprint density at radius 3 is 1.95 bits per heavy atom. The van der Waals surface area contributed by atoms with Crippen molar-refractivity contribution in [3.05, 3.63) is 0 Å².